The summed E-state index contributed by atoms with van der Waals surface area (Å²) in [4.78, 5) is 8.70. The molecular weight excluding hydrogens is 307 g/mol. The predicted octanol–water partition coefficient (Wildman–Crippen LogP) is 4.38. The first-order chi connectivity index (χ1) is 10.2. The molecule has 0 bridgehead atoms. The van der Waals surface area contributed by atoms with Crippen molar-refractivity contribution >= 4 is 46.3 Å². The molecule has 104 valence electrons. The summed E-state index contributed by atoms with van der Waals surface area (Å²) in [7, 11) is 0. The summed E-state index contributed by atoms with van der Waals surface area (Å²) in [6, 6.07) is 12.9. The smallest absolute Gasteiger partial charge is 0.165 e. The Labute approximate surface area is 131 Å². The third kappa shape index (κ3) is 3.29. The van der Waals surface area contributed by atoms with Gasteiger partial charge in [-0.05, 0) is 29.8 Å². The first-order valence-corrected chi connectivity index (χ1v) is 6.94. The van der Waals surface area contributed by atoms with E-state index in [4.69, 9.17) is 23.2 Å². The van der Waals surface area contributed by atoms with Gasteiger partial charge in [-0.25, -0.2) is 4.98 Å². The lowest BCUT2D eigenvalue weighted by molar-refractivity contribution is 1.22. The van der Waals surface area contributed by atoms with E-state index in [-0.39, 0.29) is 0 Å². The number of benzene rings is 2. The molecular formula is C15H10Cl2N4. The molecule has 0 spiro atoms. The highest BCUT2D eigenvalue weighted by molar-refractivity contribution is 6.42. The number of nitrogens with zero attached hydrogens (tertiary/aromatic N) is 3. The summed E-state index contributed by atoms with van der Waals surface area (Å²) in [5.74, 6) is 0.574. The van der Waals surface area contributed by atoms with Gasteiger partial charge in [-0.1, -0.05) is 41.4 Å². The van der Waals surface area contributed by atoms with E-state index in [1.165, 1.54) is 0 Å². The van der Waals surface area contributed by atoms with E-state index in [9.17, 15) is 0 Å². The second kappa shape index (κ2) is 6.08. The van der Waals surface area contributed by atoms with Gasteiger partial charge in [0.15, 0.2) is 5.82 Å². The number of rotatable bonds is 3. The largest absolute Gasteiger partial charge is 0.260 e. The van der Waals surface area contributed by atoms with E-state index in [0.717, 1.165) is 16.6 Å². The molecule has 21 heavy (non-hydrogen) atoms. The molecule has 0 aliphatic heterocycles. The number of hydrogen-bond acceptors (Lipinski definition) is 4. The molecule has 3 rings (SSSR count). The number of para-hydroxylation sites is 2. The number of hydrazone groups is 1. The van der Waals surface area contributed by atoms with E-state index >= 15 is 0 Å². The van der Waals surface area contributed by atoms with Crippen molar-refractivity contribution in [3.8, 4) is 0 Å². The summed E-state index contributed by atoms with van der Waals surface area (Å²) in [5, 5.41) is 5.12. The molecule has 0 radical (unpaired) electrons. The quantitative estimate of drug-likeness (QED) is 0.576. The molecule has 0 amide bonds. The van der Waals surface area contributed by atoms with Crippen LogP contribution in [0, 0.1) is 0 Å². The molecule has 0 saturated carbocycles. The van der Waals surface area contributed by atoms with Crippen LogP contribution >= 0.6 is 23.2 Å². The van der Waals surface area contributed by atoms with E-state index in [2.05, 4.69) is 20.5 Å². The van der Waals surface area contributed by atoms with Crippen molar-refractivity contribution in [2.45, 2.75) is 0 Å². The van der Waals surface area contributed by atoms with Crippen LogP contribution in [-0.4, -0.2) is 16.2 Å². The van der Waals surface area contributed by atoms with Crippen LogP contribution < -0.4 is 5.43 Å². The Morgan fingerprint density at radius 1 is 1.00 bits per heavy atom. The lowest BCUT2D eigenvalue weighted by Crippen LogP contribution is -1.95. The molecule has 0 unspecified atom stereocenters. The Morgan fingerprint density at radius 2 is 1.81 bits per heavy atom. The molecule has 0 fully saturated rings. The highest BCUT2D eigenvalue weighted by atomic mass is 35.5. The second-order valence-corrected chi connectivity index (χ2v) is 5.10. The minimum atomic E-state index is 0.492. The maximum atomic E-state index is 5.94. The minimum Gasteiger partial charge on any atom is -0.260 e. The van der Waals surface area contributed by atoms with Gasteiger partial charge in [-0.3, -0.25) is 10.4 Å². The fraction of sp³-hybridized carbons (Fsp3) is 0. The first-order valence-electron chi connectivity index (χ1n) is 6.18. The Kier molecular flexibility index (Phi) is 3.99. The number of halogens is 2. The van der Waals surface area contributed by atoms with Crippen molar-refractivity contribution in [1.82, 2.24) is 9.97 Å². The molecule has 0 aliphatic carbocycles. The molecule has 4 nitrogen and oxygen atoms in total. The van der Waals surface area contributed by atoms with Gasteiger partial charge in [-0.15, -0.1) is 0 Å². The van der Waals surface area contributed by atoms with Crippen molar-refractivity contribution in [3.63, 3.8) is 0 Å². The lowest BCUT2D eigenvalue weighted by Gasteiger charge is -2.01. The summed E-state index contributed by atoms with van der Waals surface area (Å²) < 4.78 is 0. The summed E-state index contributed by atoms with van der Waals surface area (Å²) in [5.41, 5.74) is 5.33. The van der Waals surface area contributed by atoms with Crippen LogP contribution in [0.5, 0.6) is 0 Å². The number of nitrogens with one attached hydrogen (secondary N) is 1. The average molecular weight is 317 g/mol. The standard InChI is InChI=1S/C15H10Cl2N4/c16-11-6-5-10(7-12(11)17)8-19-21-15-9-18-13-3-1-2-4-14(13)20-15/h1-9H,(H,20,21)/b19-8+. The van der Waals surface area contributed by atoms with Gasteiger partial charge in [0.05, 0.1) is 33.5 Å². The molecule has 1 heterocycles. The fourth-order valence-electron chi connectivity index (χ4n) is 1.78. The summed E-state index contributed by atoms with van der Waals surface area (Å²) in [6.07, 6.45) is 3.27. The molecule has 0 saturated heterocycles. The predicted molar refractivity (Wildman–Crippen MR) is 87.2 cm³/mol. The van der Waals surface area contributed by atoms with Crippen LogP contribution in [0.1, 0.15) is 5.56 Å². The van der Waals surface area contributed by atoms with Gasteiger partial charge in [0.1, 0.15) is 0 Å². The van der Waals surface area contributed by atoms with Crippen LogP contribution in [0.2, 0.25) is 10.0 Å². The molecule has 1 N–H and O–H groups in total. The topological polar surface area (TPSA) is 50.2 Å². The van der Waals surface area contributed by atoms with Crippen LogP contribution in [0.15, 0.2) is 53.8 Å². The molecule has 0 aliphatic rings. The van der Waals surface area contributed by atoms with Gasteiger partial charge in [0, 0.05) is 0 Å². The van der Waals surface area contributed by atoms with Gasteiger partial charge in [-0.2, -0.15) is 5.10 Å². The number of fused-ring (bicyclic) bond motifs is 1. The second-order valence-electron chi connectivity index (χ2n) is 4.29. The van der Waals surface area contributed by atoms with Gasteiger partial charge < -0.3 is 0 Å². The fourth-order valence-corrected chi connectivity index (χ4v) is 2.08. The Bertz CT molecular complexity index is 818. The maximum absolute atomic E-state index is 5.94. The lowest BCUT2D eigenvalue weighted by atomic mass is 10.2. The summed E-state index contributed by atoms with van der Waals surface area (Å²) in [6.45, 7) is 0. The van der Waals surface area contributed by atoms with Crippen molar-refractivity contribution in [1.29, 1.82) is 0 Å². The van der Waals surface area contributed by atoms with E-state index in [1.54, 1.807) is 24.5 Å². The number of aromatic nitrogens is 2. The third-order valence-electron chi connectivity index (χ3n) is 2.78. The van der Waals surface area contributed by atoms with Crippen molar-refractivity contribution in [2.75, 3.05) is 5.43 Å². The maximum Gasteiger partial charge on any atom is 0.165 e. The van der Waals surface area contributed by atoms with Crippen LogP contribution in [0.25, 0.3) is 11.0 Å². The van der Waals surface area contributed by atoms with Crippen LogP contribution in [0.3, 0.4) is 0 Å². The molecule has 0 atom stereocenters. The molecule has 1 aromatic heterocycles. The minimum absolute atomic E-state index is 0.492. The Morgan fingerprint density at radius 3 is 2.62 bits per heavy atom. The third-order valence-corrected chi connectivity index (χ3v) is 3.52. The first kappa shape index (κ1) is 13.8. The normalized spacial score (nSPS) is 11.1. The highest BCUT2D eigenvalue weighted by Crippen LogP contribution is 2.21. The van der Waals surface area contributed by atoms with E-state index < -0.39 is 0 Å². The van der Waals surface area contributed by atoms with E-state index in [1.807, 2.05) is 30.3 Å². The van der Waals surface area contributed by atoms with Gasteiger partial charge >= 0.3 is 0 Å². The summed E-state index contributed by atoms with van der Waals surface area (Å²) >= 11 is 11.8. The van der Waals surface area contributed by atoms with Crippen molar-refractivity contribution in [3.05, 3.63) is 64.3 Å². The molecule has 2 aromatic carbocycles. The van der Waals surface area contributed by atoms with E-state index in [0.29, 0.717) is 15.9 Å². The van der Waals surface area contributed by atoms with Crippen molar-refractivity contribution < 1.29 is 0 Å². The van der Waals surface area contributed by atoms with Crippen molar-refractivity contribution in [2.24, 2.45) is 5.10 Å². The molecule has 6 heteroatoms. The SMILES string of the molecule is Clc1ccc(/C=N/Nc2cnc3ccccc3n2)cc1Cl. The number of anilines is 1. The Balaban J connectivity index is 1.76. The highest BCUT2D eigenvalue weighted by Gasteiger charge is 1.99. The number of hydrogen-bond donors (Lipinski definition) is 1. The average Bonchev–Trinajstić information content (AvgIpc) is 2.51. The monoisotopic (exact) mass is 316 g/mol. The van der Waals surface area contributed by atoms with Gasteiger partial charge in [0.2, 0.25) is 0 Å². The Hall–Kier alpha value is -2.17. The molecule has 3 aromatic rings. The van der Waals surface area contributed by atoms with Gasteiger partial charge in [0.25, 0.3) is 0 Å². The van der Waals surface area contributed by atoms with Crippen LogP contribution in [0.4, 0.5) is 5.82 Å². The van der Waals surface area contributed by atoms with Crippen LogP contribution in [-0.2, 0) is 0 Å². The zero-order valence-electron chi connectivity index (χ0n) is 10.8. The zero-order valence-corrected chi connectivity index (χ0v) is 12.3. The zero-order chi connectivity index (χ0) is 14.7.